The average molecular weight is 421 g/mol. The van der Waals surface area contributed by atoms with Gasteiger partial charge in [-0.2, -0.15) is 13.2 Å². The number of hydrogen-bond acceptors (Lipinski definition) is 3. The molecule has 3 amide bonds. The van der Waals surface area contributed by atoms with Crippen LogP contribution >= 0.6 is 0 Å². The third-order valence-electron chi connectivity index (χ3n) is 5.25. The number of nitrogens with two attached hydrogens (primary N) is 1. The quantitative estimate of drug-likeness (QED) is 0.688. The summed E-state index contributed by atoms with van der Waals surface area (Å²) in [5.74, 6) is -0.363. The molecular formula is C21H22F3N3O3. The molecular weight excluding hydrogens is 399 g/mol. The van der Waals surface area contributed by atoms with Crippen molar-refractivity contribution >= 4 is 17.6 Å². The van der Waals surface area contributed by atoms with Gasteiger partial charge >= 0.3 is 12.2 Å². The number of halogens is 3. The van der Waals surface area contributed by atoms with Gasteiger partial charge in [0, 0.05) is 36.4 Å². The van der Waals surface area contributed by atoms with E-state index in [1.807, 2.05) is 0 Å². The summed E-state index contributed by atoms with van der Waals surface area (Å²) in [6, 6.07) is 10.7. The van der Waals surface area contributed by atoms with Crippen LogP contribution in [-0.2, 0) is 16.3 Å². The van der Waals surface area contributed by atoms with Gasteiger partial charge in [0.2, 0.25) is 0 Å². The van der Waals surface area contributed by atoms with Crippen LogP contribution in [0, 0.1) is 0 Å². The summed E-state index contributed by atoms with van der Waals surface area (Å²) in [5.41, 5.74) is 5.02. The Labute approximate surface area is 171 Å². The fraction of sp³-hybridized carbons (Fsp3) is 0.333. The minimum Gasteiger partial charge on any atom is -0.381 e. The lowest BCUT2D eigenvalue weighted by Gasteiger charge is -2.38. The molecule has 0 unspecified atom stereocenters. The first-order valence-corrected chi connectivity index (χ1v) is 9.40. The van der Waals surface area contributed by atoms with Crippen LogP contribution in [0.5, 0.6) is 0 Å². The molecule has 1 aliphatic rings. The minimum atomic E-state index is -4.44. The first kappa shape index (κ1) is 21.6. The smallest absolute Gasteiger partial charge is 0.381 e. The molecule has 160 valence electrons. The van der Waals surface area contributed by atoms with E-state index in [1.165, 1.54) is 30.3 Å². The van der Waals surface area contributed by atoms with Gasteiger partial charge in [0.25, 0.3) is 5.91 Å². The summed E-state index contributed by atoms with van der Waals surface area (Å²) >= 11 is 0. The van der Waals surface area contributed by atoms with Gasteiger partial charge < -0.3 is 21.1 Å². The van der Waals surface area contributed by atoms with Crippen molar-refractivity contribution in [1.82, 2.24) is 5.32 Å². The van der Waals surface area contributed by atoms with E-state index in [9.17, 15) is 22.8 Å². The third kappa shape index (κ3) is 5.10. The van der Waals surface area contributed by atoms with Crippen LogP contribution in [0.25, 0.3) is 0 Å². The maximum atomic E-state index is 13.2. The summed E-state index contributed by atoms with van der Waals surface area (Å²) in [4.78, 5) is 23.5. The van der Waals surface area contributed by atoms with E-state index in [0.29, 0.717) is 42.9 Å². The molecule has 0 aliphatic carbocycles. The Balaban J connectivity index is 1.77. The number of carbonyl (C=O) groups is 2. The normalized spacial score (nSPS) is 16.0. The fourth-order valence-electron chi connectivity index (χ4n) is 3.55. The first-order valence-electron chi connectivity index (χ1n) is 9.40. The lowest BCUT2D eigenvalue weighted by Crippen LogP contribution is -2.44. The second kappa shape index (κ2) is 8.74. The van der Waals surface area contributed by atoms with Gasteiger partial charge in [-0.3, -0.25) is 4.79 Å². The minimum absolute atomic E-state index is 0.178. The molecule has 0 radical (unpaired) electrons. The number of urea groups is 1. The van der Waals surface area contributed by atoms with Crippen LogP contribution in [0.2, 0.25) is 0 Å². The Hall–Kier alpha value is -3.07. The monoisotopic (exact) mass is 421 g/mol. The Kier molecular flexibility index (Phi) is 6.31. The number of amides is 3. The van der Waals surface area contributed by atoms with Gasteiger partial charge in [0.05, 0.1) is 5.56 Å². The van der Waals surface area contributed by atoms with Crippen molar-refractivity contribution in [2.75, 3.05) is 25.1 Å². The number of hydrogen-bond donors (Lipinski definition) is 3. The molecule has 0 atom stereocenters. The van der Waals surface area contributed by atoms with Gasteiger partial charge in [-0.25, -0.2) is 4.79 Å². The van der Waals surface area contributed by atoms with E-state index >= 15 is 0 Å². The van der Waals surface area contributed by atoms with Crippen molar-refractivity contribution in [2.24, 2.45) is 5.73 Å². The summed E-state index contributed by atoms with van der Waals surface area (Å²) in [7, 11) is 0. The molecule has 4 N–H and O–H groups in total. The Morgan fingerprint density at radius 1 is 1.07 bits per heavy atom. The highest BCUT2D eigenvalue weighted by atomic mass is 19.4. The highest BCUT2D eigenvalue weighted by Crippen LogP contribution is 2.37. The topological polar surface area (TPSA) is 93.5 Å². The number of rotatable bonds is 5. The number of carbonyl (C=O) groups excluding carboxylic acids is 2. The van der Waals surface area contributed by atoms with Crippen molar-refractivity contribution < 1.29 is 27.5 Å². The van der Waals surface area contributed by atoms with Crippen molar-refractivity contribution in [1.29, 1.82) is 0 Å². The van der Waals surface area contributed by atoms with Gasteiger partial charge in [-0.15, -0.1) is 0 Å². The highest BCUT2D eigenvalue weighted by molar-refractivity contribution is 5.95. The van der Waals surface area contributed by atoms with E-state index in [-0.39, 0.29) is 12.5 Å². The SMILES string of the molecule is NC(=O)Nc1ccc(C(=O)NCC2(c3cccc(C(F)(F)F)c3)CCOCC2)cc1. The van der Waals surface area contributed by atoms with Gasteiger partial charge in [0.15, 0.2) is 0 Å². The lowest BCUT2D eigenvalue weighted by molar-refractivity contribution is -0.137. The van der Waals surface area contributed by atoms with E-state index in [0.717, 1.165) is 12.1 Å². The van der Waals surface area contributed by atoms with E-state index in [4.69, 9.17) is 10.5 Å². The fourth-order valence-corrected chi connectivity index (χ4v) is 3.55. The number of ether oxygens (including phenoxy) is 1. The van der Waals surface area contributed by atoms with Gasteiger partial charge in [-0.1, -0.05) is 18.2 Å². The van der Waals surface area contributed by atoms with E-state index < -0.39 is 23.2 Å². The van der Waals surface area contributed by atoms with Gasteiger partial charge in [-0.05, 0) is 48.7 Å². The molecule has 6 nitrogen and oxygen atoms in total. The second-order valence-corrected chi connectivity index (χ2v) is 7.22. The van der Waals surface area contributed by atoms with Crippen LogP contribution in [0.1, 0.15) is 34.3 Å². The molecule has 2 aromatic carbocycles. The first-order chi connectivity index (χ1) is 14.2. The van der Waals surface area contributed by atoms with Gasteiger partial charge in [0.1, 0.15) is 0 Å². The summed E-state index contributed by atoms with van der Waals surface area (Å²) in [6.07, 6.45) is -3.45. The number of anilines is 1. The number of alkyl halides is 3. The van der Waals surface area contributed by atoms with Crippen LogP contribution in [-0.4, -0.2) is 31.7 Å². The van der Waals surface area contributed by atoms with Crippen LogP contribution in [0.15, 0.2) is 48.5 Å². The molecule has 3 rings (SSSR count). The number of primary amides is 1. The maximum Gasteiger partial charge on any atom is 0.416 e. The van der Waals surface area contributed by atoms with Crippen molar-refractivity contribution in [3.63, 3.8) is 0 Å². The molecule has 0 bridgehead atoms. The second-order valence-electron chi connectivity index (χ2n) is 7.22. The molecule has 1 heterocycles. The molecule has 1 aliphatic heterocycles. The maximum absolute atomic E-state index is 13.2. The molecule has 0 saturated carbocycles. The van der Waals surface area contributed by atoms with Crippen LogP contribution < -0.4 is 16.4 Å². The molecule has 2 aromatic rings. The van der Waals surface area contributed by atoms with E-state index in [2.05, 4.69) is 10.6 Å². The molecule has 30 heavy (non-hydrogen) atoms. The van der Waals surface area contributed by atoms with Crippen molar-refractivity contribution in [3.05, 3.63) is 65.2 Å². The number of nitrogens with one attached hydrogen (secondary N) is 2. The van der Waals surface area contributed by atoms with Crippen molar-refractivity contribution in [3.8, 4) is 0 Å². The zero-order valence-electron chi connectivity index (χ0n) is 16.1. The predicted octanol–water partition coefficient (Wildman–Crippen LogP) is 3.67. The zero-order chi connectivity index (χ0) is 21.8. The lowest BCUT2D eigenvalue weighted by atomic mass is 9.73. The molecule has 1 saturated heterocycles. The van der Waals surface area contributed by atoms with E-state index in [1.54, 1.807) is 6.07 Å². The van der Waals surface area contributed by atoms with Crippen LogP contribution in [0.4, 0.5) is 23.7 Å². The molecule has 9 heteroatoms. The Morgan fingerprint density at radius 3 is 2.33 bits per heavy atom. The van der Waals surface area contributed by atoms with Crippen molar-refractivity contribution in [2.45, 2.75) is 24.4 Å². The summed E-state index contributed by atoms with van der Waals surface area (Å²) in [5, 5.41) is 5.24. The summed E-state index contributed by atoms with van der Waals surface area (Å²) < 4.78 is 44.9. The molecule has 1 fully saturated rings. The average Bonchev–Trinajstić information content (AvgIpc) is 2.72. The molecule has 0 aromatic heterocycles. The standard InChI is InChI=1S/C21H22F3N3O3/c22-21(23,24)16-3-1-2-15(12-16)20(8-10-30-11-9-20)13-26-18(28)14-4-6-17(7-5-14)27-19(25)29/h1-7,12H,8-11,13H2,(H,26,28)(H3,25,27,29). The number of benzene rings is 2. The predicted molar refractivity (Wildman–Crippen MR) is 105 cm³/mol. The Morgan fingerprint density at radius 2 is 1.73 bits per heavy atom. The Bertz CT molecular complexity index is 908. The molecule has 0 spiro atoms. The third-order valence-corrected chi connectivity index (χ3v) is 5.25. The highest BCUT2D eigenvalue weighted by Gasteiger charge is 2.37. The largest absolute Gasteiger partial charge is 0.416 e. The van der Waals surface area contributed by atoms with Crippen LogP contribution in [0.3, 0.4) is 0 Å². The summed E-state index contributed by atoms with van der Waals surface area (Å²) in [6.45, 7) is 0.983. The zero-order valence-corrected chi connectivity index (χ0v) is 16.1.